The van der Waals surface area contributed by atoms with Gasteiger partial charge in [0.1, 0.15) is 5.82 Å². The smallest absolute Gasteiger partial charge is 0.144 e. The van der Waals surface area contributed by atoms with Gasteiger partial charge in [0.25, 0.3) is 0 Å². The summed E-state index contributed by atoms with van der Waals surface area (Å²) in [7, 11) is 0. The average molecular weight is 524 g/mol. The number of anilines is 1. The van der Waals surface area contributed by atoms with E-state index in [1.807, 2.05) is 18.2 Å². The lowest BCUT2D eigenvalue weighted by Gasteiger charge is -2.30. The average Bonchev–Trinajstić information content (AvgIpc) is 3.11. The summed E-state index contributed by atoms with van der Waals surface area (Å²) in [6, 6.07) is 34.5. The van der Waals surface area contributed by atoms with Crippen LogP contribution in [0.15, 0.2) is 107 Å². The predicted octanol–water partition coefficient (Wildman–Crippen LogP) is 8.29. The van der Waals surface area contributed by atoms with Crippen LogP contribution in [0.5, 0.6) is 0 Å². The molecule has 1 aliphatic rings. The maximum atomic E-state index is 7.08. The lowest BCUT2D eigenvalue weighted by Crippen LogP contribution is -2.39. The van der Waals surface area contributed by atoms with Gasteiger partial charge in [0.2, 0.25) is 0 Å². The lowest BCUT2D eigenvalue weighted by molar-refractivity contribution is 0.216. The van der Waals surface area contributed by atoms with Crippen LogP contribution in [-0.2, 0) is 6.54 Å². The Morgan fingerprint density at radius 2 is 1.62 bits per heavy atom. The number of fused-ring (bicyclic) bond motifs is 2. The Morgan fingerprint density at radius 3 is 2.49 bits per heavy atom. The summed E-state index contributed by atoms with van der Waals surface area (Å²) in [6.07, 6.45) is 1.08. The van der Waals surface area contributed by atoms with Crippen molar-refractivity contribution in [2.75, 3.05) is 24.5 Å². The first-order valence-electron chi connectivity index (χ1n) is 12.9. The number of pyridine rings is 1. The molecule has 4 aromatic carbocycles. The molecule has 0 saturated carbocycles. The van der Waals surface area contributed by atoms with Gasteiger partial charge in [0.15, 0.2) is 0 Å². The van der Waals surface area contributed by atoms with Crippen LogP contribution in [0.25, 0.3) is 21.7 Å². The van der Waals surface area contributed by atoms with Crippen LogP contribution in [0.2, 0.25) is 5.02 Å². The van der Waals surface area contributed by atoms with Crippen molar-refractivity contribution in [3.05, 3.63) is 108 Å². The van der Waals surface area contributed by atoms with Gasteiger partial charge in [-0.3, -0.25) is 4.90 Å². The van der Waals surface area contributed by atoms with Crippen molar-refractivity contribution in [1.29, 1.82) is 0 Å². The highest BCUT2D eigenvalue weighted by Gasteiger charge is 2.26. The van der Waals surface area contributed by atoms with Crippen molar-refractivity contribution in [1.82, 2.24) is 9.88 Å². The van der Waals surface area contributed by atoms with E-state index >= 15 is 0 Å². The molecule has 5 heteroatoms. The largest absolute Gasteiger partial charge is 0.354 e. The fraction of sp³-hybridized carbons (Fsp3) is 0.219. The summed E-state index contributed by atoms with van der Waals surface area (Å²) in [6.45, 7) is 6.23. The molecule has 6 rings (SSSR count). The van der Waals surface area contributed by atoms with Crippen molar-refractivity contribution in [3.63, 3.8) is 0 Å². The highest BCUT2D eigenvalue weighted by Crippen LogP contribution is 2.43. The maximum Gasteiger partial charge on any atom is 0.144 e. The van der Waals surface area contributed by atoms with Crippen LogP contribution in [-0.4, -0.2) is 35.6 Å². The second-order valence-electron chi connectivity index (χ2n) is 9.81. The number of para-hydroxylation sites is 1. The molecule has 0 N–H and O–H groups in total. The second kappa shape index (κ2) is 10.7. The molecule has 3 nitrogen and oxygen atoms in total. The molecule has 37 heavy (non-hydrogen) atoms. The molecule has 1 aliphatic heterocycles. The topological polar surface area (TPSA) is 19.4 Å². The van der Waals surface area contributed by atoms with Gasteiger partial charge in [-0.05, 0) is 53.9 Å². The molecule has 0 bridgehead atoms. The Kier molecular flexibility index (Phi) is 7.06. The van der Waals surface area contributed by atoms with Crippen molar-refractivity contribution >= 4 is 50.9 Å². The highest BCUT2D eigenvalue weighted by atomic mass is 35.5. The molecular weight excluding hydrogens is 494 g/mol. The van der Waals surface area contributed by atoms with Gasteiger partial charge >= 0.3 is 0 Å². The first-order valence-corrected chi connectivity index (χ1v) is 14.1. The molecule has 1 atom stereocenters. The summed E-state index contributed by atoms with van der Waals surface area (Å²) in [5, 5.41) is 4.40. The Balaban J connectivity index is 1.30. The van der Waals surface area contributed by atoms with E-state index in [1.165, 1.54) is 21.2 Å². The minimum Gasteiger partial charge on any atom is -0.354 e. The molecule has 1 saturated heterocycles. The fourth-order valence-corrected chi connectivity index (χ4v) is 6.62. The van der Waals surface area contributed by atoms with Crippen LogP contribution in [0.1, 0.15) is 18.9 Å². The zero-order valence-electron chi connectivity index (χ0n) is 21.0. The fourth-order valence-electron chi connectivity index (χ4n) is 5.26. The zero-order chi connectivity index (χ0) is 25.2. The molecule has 0 amide bonds. The number of halogens is 1. The van der Waals surface area contributed by atoms with Crippen molar-refractivity contribution in [2.45, 2.75) is 35.7 Å². The summed E-state index contributed by atoms with van der Waals surface area (Å²) < 4.78 is 0. The highest BCUT2D eigenvalue weighted by molar-refractivity contribution is 7.99. The van der Waals surface area contributed by atoms with E-state index in [2.05, 4.69) is 95.6 Å². The number of benzene rings is 4. The normalized spacial score (nSPS) is 16.8. The standard InChI is InChI=1S/C32H30ClN3S/c1-23-21-36(19-9-18-35(23)22-24-16-17-25-10-5-6-11-26(25)20-24)32-31(37-27-12-3-2-4-13-27)30(33)28-14-7-8-15-29(28)34-32/h2-8,10-17,20,23H,9,18-19,21-22H2,1H3. The van der Waals surface area contributed by atoms with E-state index in [0.29, 0.717) is 6.04 Å². The number of aromatic nitrogens is 1. The maximum absolute atomic E-state index is 7.08. The third-order valence-electron chi connectivity index (χ3n) is 7.21. The van der Waals surface area contributed by atoms with E-state index in [9.17, 15) is 0 Å². The number of hydrogen-bond acceptors (Lipinski definition) is 4. The monoisotopic (exact) mass is 523 g/mol. The van der Waals surface area contributed by atoms with Crippen LogP contribution in [0.3, 0.4) is 0 Å². The Morgan fingerprint density at radius 1 is 0.865 bits per heavy atom. The number of hydrogen-bond donors (Lipinski definition) is 0. The van der Waals surface area contributed by atoms with E-state index in [0.717, 1.165) is 59.2 Å². The van der Waals surface area contributed by atoms with E-state index in [1.54, 1.807) is 11.8 Å². The van der Waals surface area contributed by atoms with Gasteiger partial charge in [-0.1, -0.05) is 96.2 Å². The molecule has 0 radical (unpaired) electrons. The molecule has 0 spiro atoms. The number of nitrogens with zero attached hydrogens (tertiary/aromatic N) is 3. The van der Waals surface area contributed by atoms with E-state index < -0.39 is 0 Å². The molecular formula is C32H30ClN3S. The van der Waals surface area contributed by atoms with Crippen LogP contribution >= 0.6 is 23.4 Å². The minimum atomic E-state index is 0.385. The molecule has 5 aromatic rings. The van der Waals surface area contributed by atoms with Gasteiger partial charge < -0.3 is 4.90 Å². The first kappa shape index (κ1) is 24.3. The van der Waals surface area contributed by atoms with Crippen LogP contribution in [0, 0.1) is 0 Å². The second-order valence-corrected chi connectivity index (χ2v) is 11.3. The van der Waals surface area contributed by atoms with Gasteiger partial charge in [0, 0.05) is 42.5 Å². The molecule has 0 aliphatic carbocycles. The Hall–Kier alpha value is -3.05. The Bertz CT molecular complexity index is 1540. The zero-order valence-corrected chi connectivity index (χ0v) is 22.6. The molecule has 186 valence electrons. The minimum absolute atomic E-state index is 0.385. The van der Waals surface area contributed by atoms with Gasteiger partial charge in [-0.15, -0.1) is 0 Å². The number of rotatable bonds is 5. The summed E-state index contributed by atoms with van der Waals surface area (Å²) >= 11 is 8.79. The summed E-state index contributed by atoms with van der Waals surface area (Å²) in [5.41, 5.74) is 2.32. The summed E-state index contributed by atoms with van der Waals surface area (Å²) in [5.74, 6) is 0.997. The van der Waals surface area contributed by atoms with E-state index in [4.69, 9.17) is 16.6 Å². The van der Waals surface area contributed by atoms with Gasteiger partial charge in [0.05, 0.1) is 15.4 Å². The molecule has 1 fully saturated rings. The van der Waals surface area contributed by atoms with Gasteiger partial charge in [-0.2, -0.15) is 0 Å². The van der Waals surface area contributed by atoms with Crippen molar-refractivity contribution < 1.29 is 0 Å². The van der Waals surface area contributed by atoms with Crippen LogP contribution < -0.4 is 4.90 Å². The predicted molar refractivity (Wildman–Crippen MR) is 158 cm³/mol. The summed E-state index contributed by atoms with van der Waals surface area (Å²) in [4.78, 5) is 12.5. The molecule has 1 unspecified atom stereocenters. The van der Waals surface area contributed by atoms with Crippen LogP contribution in [0.4, 0.5) is 5.82 Å². The first-order chi connectivity index (χ1) is 18.2. The lowest BCUT2D eigenvalue weighted by atomic mass is 10.1. The quantitative estimate of drug-likeness (QED) is 0.230. The van der Waals surface area contributed by atoms with E-state index in [-0.39, 0.29) is 0 Å². The van der Waals surface area contributed by atoms with Crippen molar-refractivity contribution in [3.8, 4) is 0 Å². The molecule has 1 aromatic heterocycles. The van der Waals surface area contributed by atoms with Gasteiger partial charge in [-0.25, -0.2) is 4.98 Å². The SMILES string of the molecule is CC1CN(c2nc3ccccc3c(Cl)c2Sc2ccccc2)CCCN1Cc1ccc2ccccc2c1. The van der Waals surface area contributed by atoms with Crippen molar-refractivity contribution in [2.24, 2.45) is 0 Å². The third-order valence-corrected chi connectivity index (χ3v) is 8.82. The third kappa shape index (κ3) is 5.19. The Labute approximate surface area is 228 Å². The molecule has 2 heterocycles.